The van der Waals surface area contributed by atoms with Gasteiger partial charge in [-0.15, -0.1) is 0 Å². The molecule has 0 bridgehead atoms. The maximum atomic E-state index is 12.5. The van der Waals surface area contributed by atoms with E-state index in [4.69, 9.17) is 4.74 Å². The van der Waals surface area contributed by atoms with E-state index < -0.39 is 0 Å². The highest BCUT2D eigenvalue weighted by Crippen LogP contribution is 2.24. The second-order valence-electron chi connectivity index (χ2n) is 5.06. The Hall–Kier alpha value is -2.16. The minimum absolute atomic E-state index is 0.0913. The van der Waals surface area contributed by atoms with Crippen LogP contribution in [0.3, 0.4) is 0 Å². The number of esters is 1. The average Bonchev–Trinajstić information content (AvgIpc) is 2.47. The van der Waals surface area contributed by atoms with E-state index in [2.05, 4.69) is 0 Å². The molecule has 0 amide bonds. The summed E-state index contributed by atoms with van der Waals surface area (Å²) in [6.07, 6.45) is 1.19. The van der Waals surface area contributed by atoms with Crippen LogP contribution in [0.2, 0.25) is 0 Å². The molecule has 0 fully saturated rings. The van der Waals surface area contributed by atoms with E-state index in [1.165, 1.54) is 0 Å². The van der Waals surface area contributed by atoms with Crippen LogP contribution in [0.25, 0.3) is 10.8 Å². The lowest BCUT2D eigenvalue weighted by Gasteiger charge is -2.09. The topological polar surface area (TPSA) is 43.4 Å². The largest absolute Gasteiger partial charge is 0.466 e. The van der Waals surface area contributed by atoms with Crippen molar-refractivity contribution in [2.45, 2.75) is 33.1 Å². The first kappa shape index (κ1) is 15.2. The fraction of sp³-hybridized carbons (Fsp3) is 0.333. The van der Waals surface area contributed by atoms with Gasteiger partial charge in [-0.25, -0.2) is 0 Å². The number of hydrogen-bond donors (Lipinski definition) is 0. The van der Waals surface area contributed by atoms with Crippen molar-refractivity contribution in [2.24, 2.45) is 0 Å². The minimum Gasteiger partial charge on any atom is -0.466 e. The van der Waals surface area contributed by atoms with Crippen LogP contribution in [0.5, 0.6) is 0 Å². The van der Waals surface area contributed by atoms with Crippen molar-refractivity contribution in [3.8, 4) is 0 Å². The van der Waals surface area contributed by atoms with E-state index >= 15 is 0 Å². The Morgan fingerprint density at radius 1 is 1.05 bits per heavy atom. The number of ketones is 1. The van der Waals surface area contributed by atoms with E-state index in [-0.39, 0.29) is 11.8 Å². The molecule has 2 rings (SSSR count). The lowest BCUT2D eigenvalue weighted by molar-refractivity contribution is -0.143. The third-order valence-electron chi connectivity index (χ3n) is 3.51. The smallest absolute Gasteiger partial charge is 0.305 e. The molecule has 0 radical (unpaired) electrons. The molecule has 0 aromatic heterocycles. The standard InChI is InChI=1S/C18H20O3/c1-3-21-17(20)10-6-9-16(19)18-13(2)11-12-14-7-4-5-8-15(14)18/h4-5,7-8,11-12H,3,6,9-10H2,1-2H3. The average molecular weight is 284 g/mol. The van der Waals surface area contributed by atoms with E-state index in [0.29, 0.717) is 25.9 Å². The minimum atomic E-state index is -0.236. The molecule has 0 aliphatic rings. The second kappa shape index (κ2) is 7.02. The van der Waals surface area contributed by atoms with Gasteiger partial charge in [-0.2, -0.15) is 0 Å². The van der Waals surface area contributed by atoms with Crippen LogP contribution in [-0.4, -0.2) is 18.4 Å². The van der Waals surface area contributed by atoms with Crippen molar-refractivity contribution in [1.29, 1.82) is 0 Å². The number of ether oxygens (including phenoxy) is 1. The molecule has 0 saturated carbocycles. The zero-order valence-corrected chi connectivity index (χ0v) is 12.5. The van der Waals surface area contributed by atoms with Gasteiger partial charge in [0.15, 0.2) is 5.78 Å². The molecule has 0 N–H and O–H groups in total. The number of hydrogen-bond acceptors (Lipinski definition) is 3. The highest BCUT2D eigenvalue weighted by molar-refractivity contribution is 6.09. The molecule has 0 atom stereocenters. The summed E-state index contributed by atoms with van der Waals surface area (Å²) in [6.45, 7) is 4.11. The maximum Gasteiger partial charge on any atom is 0.305 e. The highest BCUT2D eigenvalue weighted by Gasteiger charge is 2.13. The quantitative estimate of drug-likeness (QED) is 0.593. The molecular formula is C18H20O3. The Balaban J connectivity index is 2.12. The van der Waals surface area contributed by atoms with Crippen molar-refractivity contribution in [3.05, 3.63) is 47.5 Å². The van der Waals surface area contributed by atoms with Gasteiger partial charge in [0.25, 0.3) is 0 Å². The lowest BCUT2D eigenvalue weighted by Crippen LogP contribution is -2.07. The summed E-state index contributed by atoms with van der Waals surface area (Å²) in [6, 6.07) is 11.9. The number of carbonyl (C=O) groups is 2. The van der Waals surface area contributed by atoms with Gasteiger partial charge in [-0.3, -0.25) is 9.59 Å². The maximum absolute atomic E-state index is 12.5. The monoisotopic (exact) mass is 284 g/mol. The zero-order chi connectivity index (χ0) is 15.2. The molecule has 0 aliphatic carbocycles. The Kier molecular flexibility index (Phi) is 5.09. The van der Waals surface area contributed by atoms with Gasteiger partial charge in [0.1, 0.15) is 0 Å². The third kappa shape index (κ3) is 3.69. The van der Waals surface area contributed by atoms with E-state index in [0.717, 1.165) is 21.9 Å². The number of benzene rings is 2. The highest BCUT2D eigenvalue weighted by atomic mass is 16.5. The first-order chi connectivity index (χ1) is 10.1. The number of aryl methyl sites for hydroxylation is 1. The van der Waals surface area contributed by atoms with E-state index in [1.807, 2.05) is 43.3 Å². The fourth-order valence-electron chi connectivity index (χ4n) is 2.50. The van der Waals surface area contributed by atoms with Gasteiger partial charge in [0, 0.05) is 18.4 Å². The van der Waals surface area contributed by atoms with Crippen LogP contribution >= 0.6 is 0 Å². The van der Waals surface area contributed by atoms with Crippen LogP contribution in [0.4, 0.5) is 0 Å². The normalized spacial score (nSPS) is 10.6. The van der Waals surface area contributed by atoms with Gasteiger partial charge in [-0.05, 0) is 36.6 Å². The van der Waals surface area contributed by atoms with Gasteiger partial charge < -0.3 is 4.74 Å². The van der Waals surface area contributed by atoms with Crippen molar-refractivity contribution in [2.75, 3.05) is 6.61 Å². The van der Waals surface area contributed by atoms with Crippen LogP contribution in [-0.2, 0) is 9.53 Å². The molecular weight excluding hydrogens is 264 g/mol. The van der Waals surface area contributed by atoms with Gasteiger partial charge >= 0.3 is 5.97 Å². The summed E-state index contributed by atoms with van der Waals surface area (Å²) < 4.78 is 4.87. The summed E-state index contributed by atoms with van der Waals surface area (Å²) >= 11 is 0. The Labute approximate surface area is 124 Å². The molecule has 0 unspecified atom stereocenters. The Bertz CT molecular complexity index is 659. The third-order valence-corrected chi connectivity index (χ3v) is 3.51. The fourth-order valence-corrected chi connectivity index (χ4v) is 2.50. The Morgan fingerprint density at radius 3 is 2.57 bits per heavy atom. The lowest BCUT2D eigenvalue weighted by atomic mass is 9.94. The predicted octanol–water partition coefficient (Wildman–Crippen LogP) is 4.06. The van der Waals surface area contributed by atoms with Crippen molar-refractivity contribution in [1.82, 2.24) is 0 Å². The summed E-state index contributed by atoms with van der Waals surface area (Å²) in [5.41, 5.74) is 1.76. The molecule has 110 valence electrons. The van der Waals surface area contributed by atoms with Crippen molar-refractivity contribution < 1.29 is 14.3 Å². The molecule has 0 spiro atoms. The predicted molar refractivity (Wildman–Crippen MR) is 83.5 cm³/mol. The summed E-state index contributed by atoms with van der Waals surface area (Å²) in [5, 5.41) is 2.05. The summed E-state index contributed by atoms with van der Waals surface area (Å²) in [5.74, 6) is -0.145. The molecule has 2 aromatic carbocycles. The molecule has 21 heavy (non-hydrogen) atoms. The molecule has 0 aliphatic heterocycles. The molecule has 2 aromatic rings. The summed E-state index contributed by atoms with van der Waals surface area (Å²) in [4.78, 5) is 23.8. The van der Waals surface area contributed by atoms with E-state index in [9.17, 15) is 9.59 Å². The molecule has 0 heterocycles. The number of fused-ring (bicyclic) bond motifs is 1. The van der Waals surface area contributed by atoms with Crippen LogP contribution < -0.4 is 0 Å². The first-order valence-corrected chi connectivity index (χ1v) is 7.30. The van der Waals surface area contributed by atoms with Crippen LogP contribution in [0.1, 0.15) is 42.1 Å². The molecule has 0 saturated heterocycles. The first-order valence-electron chi connectivity index (χ1n) is 7.30. The zero-order valence-electron chi connectivity index (χ0n) is 12.5. The van der Waals surface area contributed by atoms with Gasteiger partial charge in [-0.1, -0.05) is 36.4 Å². The van der Waals surface area contributed by atoms with Gasteiger partial charge in [0.2, 0.25) is 0 Å². The SMILES string of the molecule is CCOC(=O)CCCC(=O)c1c(C)ccc2ccccc12. The second-order valence-corrected chi connectivity index (χ2v) is 5.06. The Morgan fingerprint density at radius 2 is 1.81 bits per heavy atom. The molecule has 3 nitrogen and oxygen atoms in total. The van der Waals surface area contributed by atoms with Gasteiger partial charge in [0.05, 0.1) is 6.61 Å². The van der Waals surface area contributed by atoms with Crippen molar-refractivity contribution in [3.63, 3.8) is 0 Å². The number of Topliss-reactive ketones (excluding diaryl/α,β-unsaturated/α-hetero) is 1. The number of rotatable bonds is 6. The van der Waals surface area contributed by atoms with Crippen LogP contribution in [0, 0.1) is 6.92 Å². The number of carbonyl (C=O) groups excluding carboxylic acids is 2. The van der Waals surface area contributed by atoms with Crippen molar-refractivity contribution >= 4 is 22.5 Å². The molecule has 3 heteroatoms. The van der Waals surface area contributed by atoms with E-state index in [1.54, 1.807) is 6.92 Å². The summed E-state index contributed by atoms with van der Waals surface area (Å²) in [7, 11) is 0. The van der Waals surface area contributed by atoms with Crippen LogP contribution in [0.15, 0.2) is 36.4 Å².